The van der Waals surface area contributed by atoms with E-state index in [4.69, 9.17) is 9.47 Å². The van der Waals surface area contributed by atoms with Crippen LogP contribution in [0.2, 0.25) is 0 Å². The molecule has 0 saturated heterocycles. The molecule has 0 spiro atoms. The second-order valence-corrected chi connectivity index (χ2v) is 3.97. The lowest BCUT2D eigenvalue weighted by molar-refractivity contribution is -0.139. The van der Waals surface area contributed by atoms with Crippen molar-refractivity contribution in [1.29, 1.82) is 0 Å². The van der Waals surface area contributed by atoms with Gasteiger partial charge in [-0.15, -0.1) is 0 Å². The van der Waals surface area contributed by atoms with Crippen LogP contribution in [0.25, 0.3) is 0 Å². The molecule has 0 unspecified atom stereocenters. The maximum atomic E-state index is 11.0. The average Bonchev–Trinajstić information content (AvgIpc) is 2.31. The Balaban J connectivity index is 3.49. The molecule has 0 aliphatic rings. The lowest BCUT2D eigenvalue weighted by Gasteiger charge is -2.02. The summed E-state index contributed by atoms with van der Waals surface area (Å²) in [6, 6.07) is 0. The largest absolute Gasteiger partial charge is 0.462 e. The molecule has 0 aliphatic heterocycles. The summed E-state index contributed by atoms with van der Waals surface area (Å²) in [7, 11) is 0. The fourth-order valence-electron chi connectivity index (χ4n) is 0.931. The Morgan fingerprint density at radius 3 is 2.22 bits per heavy atom. The molecule has 0 aromatic carbocycles. The third kappa shape index (κ3) is 8.33. The summed E-state index contributed by atoms with van der Waals surface area (Å²) in [5, 5.41) is 0. The number of unbranched alkanes of at least 4 members (excludes halogenated alkanes) is 2. The van der Waals surface area contributed by atoms with Gasteiger partial charge in [0.25, 0.3) is 0 Å². The molecule has 4 heteroatoms. The van der Waals surface area contributed by atoms with Crippen molar-refractivity contribution < 1.29 is 19.1 Å². The monoisotopic (exact) mass is 252 g/mol. The summed E-state index contributed by atoms with van der Waals surface area (Å²) in [5.74, 6) is -0.789. The molecule has 0 radical (unpaired) electrons. The van der Waals surface area contributed by atoms with Gasteiger partial charge in [0, 0.05) is 11.1 Å². The second-order valence-electron chi connectivity index (χ2n) is 3.97. The standard InChI is InChI=1S/C14H20O4/c1-11(2)13(15)17-9-7-5-6-8-10-18-14(16)12(3)4/h7,9H,1,3,5-6,8,10H2,2,4H3. The molecular formula is C14H20O4. The summed E-state index contributed by atoms with van der Waals surface area (Å²) >= 11 is 0. The average molecular weight is 252 g/mol. The van der Waals surface area contributed by atoms with Crippen LogP contribution in [0.4, 0.5) is 0 Å². The van der Waals surface area contributed by atoms with E-state index in [1.54, 1.807) is 19.9 Å². The molecule has 0 amide bonds. The zero-order valence-electron chi connectivity index (χ0n) is 11.0. The number of hydrogen-bond acceptors (Lipinski definition) is 4. The first-order valence-corrected chi connectivity index (χ1v) is 5.79. The highest BCUT2D eigenvalue weighted by Gasteiger charge is 2.01. The van der Waals surface area contributed by atoms with Crippen LogP contribution in [0.15, 0.2) is 36.6 Å². The van der Waals surface area contributed by atoms with Gasteiger partial charge in [0.15, 0.2) is 0 Å². The van der Waals surface area contributed by atoms with E-state index in [2.05, 4.69) is 13.2 Å². The van der Waals surface area contributed by atoms with E-state index < -0.39 is 5.97 Å². The molecule has 18 heavy (non-hydrogen) atoms. The number of allylic oxidation sites excluding steroid dienone is 1. The Hall–Kier alpha value is -1.84. The molecule has 0 heterocycles. The van der Waals surface area contributed by atoms with Crippen molar-refractivity contribution in [1.82, 2.24) is 0 Å². The third-order valence-corrected chi connectivity index (χ3v) is 1.97. The van der Waals surface area contributed by atoms with E-state index in [1.165, 1.54) is 6.26 Å². The molecule has 4 nitrogen and oxygen atoms in total. The minimum atomic E-state index is -0.429. The van der Waals surface area contributed by atoms with Crippen LogP contribution in [0.3, 0.4) is 0 Å². The van der Waals surface area contributed by atoms with Crippen LogP contribution in [0.1, 0.15) is 33.1 Å². The molecule has 100 valence electrons. The zero-order valence-corrected chi connectivity index (χ0v) is 11.0. The molecule has 0 N–H and O–H groups in total. The van der Waals surface area contributed by atoms with Crippen molar-refractivity contribution in [2.45, 2.75) is 33.1 Å². The Labute approximate surface area is 108 Å². The maximum absolute atomic E-state index is 11.0. The first-order chi connectivity index (χ1) is 8.45. The molecule has 0 aromatic rings. The first-order valence-electron chi connectivity index (χ1n) is 5.79. The Bertz CT molecular complexity index is 353. The second kappa shape index (κ2) is 9.22. The number of rotatable bonds is 8. The summed E-state index contributed by atoms with van der Waals surface area (Å²) in [4.78, 5) is 22.0. The van der Waals surface area contributed by atoms with E-state index in [-0.39, 0.29) is 5.97 Å². The summed E-state index contributed by atoms with van der Waals surface area (Å²) < 4.78 is 9.68. The van der Waals surface area contributed by atoms with Gasteiger partial charge in [0.05, 0.1) is 12.9 Å². The van der Waals surface area contributed by atoms with Gasteiger partial charge >= 0.3 is 11.9 Å². The number of esters is 2. The van der Waals surface area contributed by atoms with Crippen LogP contribution >= 0.6 is 0 Å². The SMILES string of the molecule is C=C(C)C(=O)OC=CCCCCOC(=O)C(=C)C. The fourth-order valence-corrected chi connectivity index (χ4v) is 0.931. The van der Waals surface area contributed by atoms with Crippen LogP contribution < -0.4 is 0 Å². The summed E-state index contributed by atoms with van der Waals surface area (Å²) in [5.41, 5.74) is 0.771. The van der Waals surface area contributed by atoms with Crippen LogP contribution in [-0.4, -0.2) is 18.5 Å². The molecule has 0 aliphatic carbocycles. The topological polar surface area (TPSA) is 52.6 Å². The lowest BCUT2D eigenvalue weighted by atomic mass is 10.2. The molecule has 0 saturated carbocycles. The van der Waals surface area contributed by atoms with Gasteiger partial charge in [0.2, 0.25) is 0 Å². The van der Waals surface area contributed by atoms with Crippen molar-refractivity contribution in [3.8, 4) is 0 Å². The minimum Gasteiger partial charge on any atom is -0.462 e. The van der Waals surface area contributed by atoms with Gasteiger partial charge in [-0.25, -0.2) is 9.59 Å². The number of ether oxygens (including phenoxy) is 2. The quantitative estimate of drug-likeness (QED) is 0.288. The van der Waals surface area contributed by atoms with Crippen LogP contribution in [0, 0.1) is 0 Å². The highest BCUT2D eigenvalue weighted by Crippen LogP contribution is 2.00. The van der Waals surface area contributed by atoms with Gasteiger partial charge in [0.1, 0.15) is 0 Å². The highest BCUT2D eigenvalue weighted by atomic mass is 16.5. The molecule has 0 fully saturated rings. The van der Waals surface area contributed by atoms with Gasteiger partial charge in [-0.05, 0) is 39.2 Å². The predicted octanol–water partition coefficient (Wildman–Crippen LogP) is 2.91. The zero-order chi connectivity index (χ0) is 14.0. The third-order valence-electron chi connectivity index (χ3n) is 1.97. The van der Waals surface area contributed by atoms with E-state index in [0.717, 1.165) is 19.3 Å². The van der Waals surface area contributed by atoms with E-state index in [1.807, 2.05) is 0 Å². The minimum absolute atomic E-state index is 0.360. The molecule has 0 aromatic heterocycles. The number of hydrogen-bond donors (Lipinski definition) is 0. The van der Waals surface area contributed by atoms with Gasteiger partial charge < -0.3 is 9.47 Å². The van der Waals surface area contributed by atoms with Crippen molar-refractivity contribution in [2.24, 2.45) is 0 Å². The Kier molecular flexibility index (Phi) is 8.27. The van der Waals surface area contributed by atoms with E-state index >= 15 is 0 Å². The van der Waals surface area contributed by atoms with Gasteiger partial charge in [-0.2, -0.15) is 0 Å². The number of carbonyl (C=O) groups is 2. The van der Waals surface area contributed by atoms with Crippen molar-refractivity contribution in [3.05, 3.63) is 36.6 Å². The Morgan fingerprint density at radius 2 is 1.67 bits per heavy atom. The van der Waals surface area contributed by atoms with Crippen molar-refractivity contribution in [3.63, 3.8) is 0 Å². The van der Waals surface area contributed by atoms with E-state index in [0.29, 0.717) is 17.8 Å². The first kappa shape index (κ1) is 16.2. The predicted molar refractivity (Wildman–Crippen MR) is 69.7 cm³/mol. The summed E-state index contributed by atoms with van der Waals surface area (Å²) in [6.07, 6.45) is 5.48. The van der Waals surface area contributed by atoms with Gasteiger partial charge in [-0.3, -0.25) is 0 Å². The van der Waals surface area contributed by atoms with E-state index in [9.17, 15) is 9.59 Å². The molecule has 0 rings (SSSR count). The maximum Gasteiger partial charge on any atom is 0.337 e. The fraction of sp³-hybridized carbons (Fsp3) is 0.429. The lowest BCUT2D eigenvalue weighted by Crippen LogP contribution is -2.05. The van der Waals surface area contributed by atoms with Crippen molar-refractivity contribution >= 4 is 11.9 Å². The highest BCUT2D eigenvalue weighted by molar-refractivity contribution is 5.87. The molecular weight excluding hydrogens is 232 g/mol. The van der Waals surface area contributed by atoms with Gasteiger partial charge in [-0.1, -0.05) is 13.2 Å². The molecule has 0 atom stereocenters. The van der Waals surface area contributed by atoms with Crippen LogP contribution in [0.5, 0.6) is 0 Å². The Morgan fingerprint density at radius 1 is 1.06 bits per heavy atom. The normalized spacial score (nSPS) is 10.1. The van der Waals surface area contributed by atoms with Crippen molar-refractivity contribution in [2.75, 3.05) is 6.61 Å². The van der Waals surface area contributed by atoms with Crippen LogP contribution in [-0.2, 0) is 19.1 Å². The summed E-state index contributed by atoms with van der Waals surface area (Å²) in [6.45, 7) is 10.5. The number of carbonyl (C=O) groups excluding carboxylic acids is 2. The smallest absolute Gasteiger partial charge is 0.337 e. The molecule has 0 bridgehead atoms.